The van der Waals surface area contributed by atoms with Gasteiger partial charge in [-0.1, -0.05) is 23.9 Å². The summed E-state index contributed by atoms with van der Waals surface area (Å²) in [5.74, 6) is 0.200. The number of ketones is 1. The molecule has 0 aliphatic rings. The van der Waals surface area contributed by atoms with Crippen molar-refractivity contribution < 1.29 is 13.9 Å². The van der Waals surface area contributed by atoms with Gasteiger partial charge in [0, 0.05) is 14.1 Å². The summed E-state index contributed by atoms with van der Waals surface area (Å²) in [6.45, 7) is 3.62. The molecule has 2 N–H and O–H groups in total. The first-order chi connectivity index (χ1) is 14.2. The van der Waals surface area contributed by atoms with Gasteiger partial charge in [-0.25, -0.2) is 4.79 Å². The highest BCUT2D eigenvalue weighted by molar-refractivity contribution is 8.00. The highest BCUT2D eigenvalue weighted by Gasteiger charge is 2.26. The molecule has 0 bridgehead atoms. The Balaban J connectivity index is 1.71. The van der Waals surface area contributed by atoms with Crippen LogP contribution in [0.15, 0.2) is 43.5 Å². The summed E-state index contributed by atoms with van der Waals surface area (Å²) in [5.41, 5.74) is 5.31. The number of nitrogen functional groups attached to an aromatic ring is 1. The lowest BCUT2D eigenvalue weighted by molar-refractivity contribution is 0.0991. The van der Waals surface area contributed by atoms with E-state index in [1.807, 2.05) is 31.2 Å². The van der Waals surface area contributed by atoms with Gasteiger partial charge in [-0.2, -0.15) is 0 Å². The number of Topliss-reactive ketones (excluding diaryl/α,β-unsaturated/α-hetero) is 1. The van der Waals surface area contributed by atoms with Gasteiger partial charge in [0.25, 0.3) is 16.7 Å². The van der Waals surface area contributed by atoms with Crippen LogP contribution in [0.2, 0.25) is 0 Å². The zero-order valence-corrected chi connectivity index (χ0v) is 17.7. The number of aryl methyl sites for hydroxylation is 1. The lowest BCUT2D eigenvalue weighted by Gasteiger charge is -2.13. The van der Waals surface area contributed by atoms with Crippen molar-refractivity contribution >= 4 is 23.4 Å². The van der Waals surface area contributed by atoms with Crippen molar-refractivity contribution in [2.45, 2.75) is 30.9 Å². The molecule has 0 fully saturated rings. The first kappa shape index (κ1) is 21.4. The average molecular weight is 431 g/mol. The van der Waals surface area contributed by atoms with E-state index in [1.165, 1.54) is 14.1 Å². The van der Waals surface area contributed by atoms with E-state index in [0.717, 1.165) is 26.5 Å². The number of carbonyl (C=O) groups is 1. The highest BCUT2D eigenvalue weighted by atomic mass is 32.2. The molecule has 158 valence electrons. The van der Waals surface area contributed by atoms with Crippen LogP contribution < -0.4 is 21.7 Å². The monoisotopic (exact) mass is 431 g/mol. The van der Waals surface area contributed by atoms with E-state index in [2.05, 4.69) is 10.2 Å². The number of hydrogen-bond acceptors (Lipinski definition) is 9. The van der Waals surface area contributed by atoms with Crippen LogP contribution in [-0.2, 0) is 20.7 Å². The molecule has 0 aliphatic carbocycles. The number of anilines is 1. The van der Waals surface area contributed by atoms with Gasteiger partial charge in [0.1, 0.15) is 17.1 Å². The van der Waals surface area contributed by atoms with Gasteiger partial charge < -0.3 is 14.9 Å². The molecule has 0 saturated heterocycles. The predicted octanol–water partition coefficient (Wildman–Crippen LogP) is 1.30. The van der Waals surface area contributed by atoms with Gasteiger partial charge >= 0.3 is 5.69 Å². The summed E-state index contributed by atoms with van der Waals surface area (Å²) >= 11 is 0.988. The lowest BCUT2D eigenvalue weighted by atomic mass is 10.1. The molecule has 0 spiro atoms. The van der Waals surface area contributed by atoms with Crippen molar-refractivity contribution in [3.8, 4) is 5.75 Å². The second-order valence-electron chi connectivity index (χ2n) is 6.66. The Morgan fingerprint density at radius 2 is 2.00 bits per heavy atom. The number of benzene rings is 1. The Labute approximate surface area is 175 Å². The number of thioether (sulfide) groups is 1. The molecular formula is C19H21N5O5S. The van der Waals surface area contributed by atoms with Crippen molar-refractivity contribution in [2.75, 3.05) is 5.73 Å². The quantitative estimate of drug-likeness (QED) is 0.434. The molecule has 0 aliphatic heterocycles. The second-order valence-corrected chi connectivity index (χ2v) is 7.95. The third-order valence-electron chi connectivity index (χ3n) is 4.40. The van der Waals surface area contributed by atoms with E-state index < -0.39 is 22.3 Å². The van der Waals surface area contributed by atoms with Gasteiger partial charge in [0.05, 0.1) is 5.25 Å². The molecule has 1 atom stereocenters. The maximum atomic E-state index is 12.8. The number of rotatable bonds is 7. The Morgan fingerprint density at radius 3 is 2.70 bits per heavy atom. The van der Waals surface area contributed by atoms with E-state index >= 15 is 0 Å². The van der Waals surface area contributed by atoms with Gasteiger partial charge in [-0.15, -0.1) is 10.2 Å². The maximum Gasteiger partial charge on any atom is 0.332 e. The number of nitrogens with zero attached hydrogens (tertiary/aromatic N) is 4. The highest BCUT2D eigenvalue weighted by Crippen LogP contribution is 2.25. The van der Waals surface area contributed by atoms with Gasteiger partial charge in [0.2, 0.25) is 0 Å². The summed E-state index contributed by atoms with van der Waals surface area (Å²) in [6, 6.07) is 7.53. The fraction of sp³-hybridized carbons (Fsp3) is 0.316. The van der Waals surface area contributed by atoms with E-state index in [0.29, 0.717) is 5.75 Å². The van der Waals surface area contributed by atoms with Crippen LogP contribution >= 0.6 is 11.8 Å². The second kappa shape index (κ2) is 8.57. The third-order valence-corrected chi connectivity index (χ3v) is 5.34. The molecule has 2 heterocycles. The van der Waals surface area contributed by atoms with E-state index in [1.54, 1.807) is 6.92 Å². The third kappa shape index (κ3) is 4.30. The van der Waals surface area contributed by atoms with E-state index in [9.17, 15) is 14.4 Å². The molecule has 3 aromatic rings. The summed E-state index contributed by atoms with van der Waals surface area (Å²) in [5, 5.41) is 7.21. The van der Waals surface area contributed by atoms with Crippen molar-refractivity contribution in [1.82, 2.24) is 19.3 Å². The van der Waals surface area contributed by atoms with Crippen molar-refractivity contribution in [3.63, 3.8) is 0 Å². The van der Waals surface area contributed by atoms with Crippen LogP contribution in [0.25, 0.3) is 0 Å². The summed E-state index contributed by atoms with van der Waals surface area (Å²) in [7, 11) is 2.68. The summed E-state index contributed by atoms with van der Waals surface area (Å²) in [6.07, 6.45) is 0. The first-order valence-corrected chi connectivity index (χ1v) is 9.85. The number of nitrogens with two attached hydrogens (primary N) is 1. The first-order valence-electron chi connectivity index (χ1n) is 8.97. The van der Waals surface area contributed by atoms with Crippen LogP contribution in [0, 0.1) is 6.92 Å². The Kier molecular flexibility index (Phi) is 6.11. The van der Waals surface area contributed by atoms with Crippen molar-refractivity contribution in [1.29, 1.82) is 0 Å². The minimum atomic E-state index is -0.747. The Hall–Kier alpha value is -3.34. The standard InChI is InChI=1S/C19H21N5O5S/c1-10-6-5-7-12(8-10)28-9-13-21-22-18(29-13)30-11(2)15(25)14-16(20)23(3)19(27)24(4)17(14)26/h5-8,11H,9,20H2,1-4H3. The minimum Gasteiger partial charge on any atom is -0.484 e. The minimum absolute atomic E-state index is 0.0770. The topological polar surface area (TPSA) is 135 Å². The Morgan fingerprint density at radius 1 is 1.27 bits per heavy atom. The van der Waals surface area contributed by atoms with Crippen LogP contribution in [0.5, 0.6) is 5.75 Å². The van der Waals surface area contributed by atoms with Crippen LogP contribution in [-0.4, -0.2) is 30.4 Å². The number of aromatic nitrogens is 4. The average Bonchev–Trinajstić information content (AvgIpc) is 3.16. The van der Waals surface area contributed by atoms with E-state index in [4.69, 9.17) is 14.9 Å². The van der Waals surface area contributed by atoms with Crippen molar-refractivity contribution in [3.05, 3.63) is 62.1 Å². The summed E-state index contributed by atoms with van der Waals surface area (Å²) < 4.78 is 13.0. The van der Waals surface area contributed by atoms with Crippen LogP contribution in [0.3, 0.4) is 0 Å². The zero-order chi connectivity index (χ0) is 22.0. The van der Waals surface area contributed by atoms with Crippen LogP contribution in [0.4, 0.5) is 5.82 Å². The fourth-order valence-corrected chi connectivity index (χ4v) is 3.45. The molecule has 10 nitrogen and oxygen atoms in total. The molecular weight excluding hydrogens is 410 g/mol. The van der Waals surface area contributed by atoms with Gasteiger partial charge in [-0.05, 0) is 31.5 Å². The zero-order valence-electron chi connectivity index (χ0n) is 16.9. The molecule has 0 radical (unpaired) electrons. The molecule has 0 saturated carbocycles. The number of carbonyl (C=O) groups excluding carboxylic acids is 1. The molecule has 1 unspecified atom stereocenters. The SMILES string of the molecule is Cc1cccc(OCc2nnc(SC(C)C(=O)c3c(N)n(C)c(=O)n(C)c3=O)o2)c1. The maximum absolute atomic E-state index is 12.8. The van der Waals surface area contributed by atoms with Gasteiger partial charge in [-0.3, -0.25) is 18.7 Å². The Bertz CT molecular complexity index is 1210. The summed E-state index contributed by atoms with van der Waals surface area (Å²) in [4.78, 5) is 37.1. The predicted molar refractivity (Wildman–Crippen MR) is 111 cm³/mol. The largest absolute Gasteiger partial charge is 0.484 e. The molecule has 0 amide bonds. The molecule has 3 rings (SSSR count). The molecule has 11 heteroatoms. The normalized spacial score (nSPS) is 12.0. The van der Waals surface area contributed by atoms with Crippen LogP contribution in [0.1, 0.15) is 28.7 Å². The molecule has 2 aromatic heterocycles. The van der Waals surface area contributed by atoms with Gasteiger partial charge in [0.15, 0.2) is 12.4 Å². The smallest absolute Gasteiger partial charge is 0.332 e. The number of ether oxygens (including phenoxy) is 1. The number of hydrogen-bond donors (Lipinski definition) is 1. The molecule has 1 aromatic carbocycles. The fourth-order valence-electron chi connectivity index (χ4n) is 2.69. The van der Waals surface area contributed by atoms with E-state index in [-0.39, 0.29) is 29.1 Å². The molecule has 30 heavy (non-hydrogen) atoms. The lowest BCUT2D eigenvalue weighted by Crippen LogP contribution is -2.42. The van der Waals surface area contributed by atoms with Crippen molar-refractivity contribution in [2.24, 2.45) is 14.1 Å².